The SMILES string of the molecule is CC(C)(Cl)O[SiH3]. The zero-order chi connectivity index (χ0) is 5.21. The van der Waals surface area contributed by atoms with Crippen molar-refractivity contribution in [2.75, 3.05) is 0 Å². The fourth-order valence-corrected chi connectivity index (χ4v) is 0. The molecule has 0 heterocycles. The summed E-state index contributed by atoms with van der Waals surface area (Å²) < 4.78 is 4.84. The fourth-order valence-electron chi connectivity index (χ4n) is 0. The van der Waals surface area contributed by atoms with Gasteiger partial charge in [-0.25, -0.2) is 0 Å². The van der Waals surface area contributed by atoms with Crippen LogP contribution in [0.5, 0.6) is 0 Å². The van der Waals surface area contributed by atoms with E-state index in [4.69, 9.17) is 16.0 Å². The largest absolute Gasteiger partial charge is 0.410 e. The van der Waals surface area contributed by atoms with Crippen LogP contribution in [0.15, 0.2) is 0 Å². The van der Waals surface area contributed by atoms with Gasteiger partial charge in [-0.3, -0.25) is 0 Å². The van der Waals surface area contributed by atoms with Gasteiger partial charge in [-0.15, -0.1) is 0 Å². The summed E-state index contributed by atoms with van der Waals surface area (Å²) in [7, 11) is 0.716. The van der Waals surface area contributed by atoms with Crippen LogP contribution >= 0.6 is 11.6 Å². The second-order valence-electron chi connectivity index (χ2n) is 1.57. The van der Waals surface area contributed by atoms with Crippen molar-refractivity contribution in [1.82, 2.24) is 0 Å². The Balaban J connectivity index is 3.17. The van der Waals surface area contributed by atoms with E-state index < -0.39 is 5.06 Å². The van der Waals surface area contributed by atoms with Crippen molar-refractivity contribution in [3.05, 3.63) is 0 Å². The highest BCUT2D eigenvalue weighted by atomic mass is 35.5. The van der Waals surface area contributed by atoms with Crippen molar-refractivity contribution in [2.24, 2.45) is 0 Å². The quantitative estimate of drug-likeness (QED) is 0.360. The van der Waals surface area contributed by atoms with Crippen LogP contribution in [0, 0.1) is 0 Å². The number of alkyl halides is 1. The first-order valence-electron chi connectivity index (χ1n) is 1.80. The van der Waals surface area contributed by atoms with Crippen LogP contribution in [0.2, 0.25) is 0 Å². The van der Waals surface area contributed by atoms with Crippen LogP contribution in [0.1, 0.15) is 13.8 Å². The van der Waals surface area contributed by atoms with Gasteiger partial charge in [0.05, 0.1) is 0 Å². The van der Waals surface area contributed by atoms with Crippen molar-refractivity contribution >= 4 is 22.1 Å². The molecular formula is C3H9ClOSi. The van der Waals surface area contributed by atoms with Gasteiger partial charge < -0.3 is 4.43 Å². The van der Waals surface area contributed by atoms with Crippen LogP contribution in [0.3, 0.4) is 0 Å². The van der Waals surface area contributed by atoms with Gasteiger partial charge in [0.2, 0.25) is 0 Å². The van der Waals surface area contributed by atoms with E-state index in [0.29, 0.717) is 10.5 Å². The van der Waals surface area contributed by atoms with Gasteiger partial charge >= 0.3 is 0 Å². The van der Waals surface area contributed by atoms with Crippen molar-refractivity contribution in [1.29, 1.82) is 0 Å². The molecule has 0 fully saturated rings. The lowest BCUT2D eigenvalue weighted by atomic mass is 10.5. The van der Waals surface area contributed by atoms with E-state index in [-0.39, 0.29) is 0 Å². The lowest BCUT2D eigenvalue weighted by molar-refractivity contribution is 0.220. The minimum Gasteiger partial charge on any atom is -0.410 e. The van der Waals surface area contributed by atoms with Crippen LogP contribution < -0.4 is 0 Å². The van der Waals surface area contributed by atoms with E-state index in [1.807, 2.05) is 13.8 Å². The molecule has 0 aromatic heterocycles. The predicted molar refractivity (Wildman–Crippen MR) is 31.0 cm³/mol. The van der Waals surface area contributed by atoms with Crippen molar-refractivity contribution in [3.8, 4) is 0 Å². The Labute approximate surface area is 46.2 Å². The second kappa shape index (κ2) is 1.96. The molecule has 0 aliphatic carbocycles. The summed E-state index contributed by atoms with van der Waals surface area (Å²) >= 11 is 5.53. The number of rotatable bonds is 1. The van der Waals surface area contributed by atoms with E-state index in [1.54, 1.807) is 0 Å². The van der Waals surface area contributed by atoms with Gasteiger partial charge in [-0.1, -0.05) is 11.6 Å². The molecule has 1 nitrogen and oxygen atoms in total. The predicted octanol–water partition coefficient (Wildman–Crippen LogP) is 0.258. The third-order valence-electron chi connectivity index (χ3n) is 0.485. The van der Waals surface area contributed by atoms with E-state index >= 15 is 0 Å². The molecule has 0 unspecified atom stereocenters. The van der Waals surface area contributed by atoms with Gasteiger partial charge in [-0.05, 0) is 13.8 Å². The van der Waals surface area contributed by atoms with Gasteiger partial charge in [-0.2, -0.15) is 0 Å². The summed E-state index contributed by atoms with van der Waals surface area (Å²) in [6.07, 6.45) is 0. The summed E-state index contributed by atoms with van der Waals surface area (Å²) in [4.78, 5) is 0. The summed E-state index contributed by atoms with van der Waals surface area (Å²) in [5.74, 6) is 0. The Morgan fingerprint density at radius 3 is 1.83 bits per heavy atom. The van der Waals surface area contributed by atoms with E-state index in [2.05, 4.69) is 0 Å². The highest BCUT2D eigenvalue weighted by molar-refractivity contribution is 6.23. The maximum atomic E-state index is 5.53. The molecule has 0 spiro atoms. The standard InChI is InChI=1S/C3H9ClOSi/c1-3(2,4)5-6/h1-2,6H3. The Hall–Kier alpha value is 0.467. The number of halogens is 1. The molecule has 0 bridgehead atoms. The maximum absolute atomic E-state index is 5.53. The molecule has 0 aromatic carbocycles. The summed E-state index contributed by atoms with van der Waals surface area (Å²) in [5, 5.41) is -0.424. The first-order valence-corrected chi connectivity index (χ1v) is 3.00. The lowest BCUT2D eigenvalue weighted by Crippen LogP contribution is -2.12. The monoisotopic (exact) mass is 124 g/mol. The van der Waals surface area contributed by atoms with Gasteiger partial charge in [0, 0.05) is 0 Å². The molecule has 0 amide bonds. The molecule has 3 heteroatoms. The second-order valence-corrected chi connectivity index (χ2v) is 2.89. The molecule has 0 atom stereocenters. The van der Waals surface area contributed by atoms with Gasteiger partial charge in [0.25, 0.3) is 0 Å². The average Bonchev–Trinajstić information content (AvgIpc) is 1.35. The molecule has 0 saturated carbocycles. The van der Waals surface area contributed by atoms with Crippen LogP contribution in [-0.2, 0) is 4.43 Å². The lowest BCUT2D eigenvalue weighted by Gasteiger charge is -2.11. The highest BCUT2D eigenvalue weighted by Crippen LogP contribution is 2.10. The molecule has 0 saturated heterocycles. The van der Waals surface area contributed by atoms with Crippen LogP contribution in [0.25, 0.3) is 0 Å². The van der Waals surface area contributed by atoms with E-state index in [0.717, 1.165) is 0 Å². The zero-order valence-electron chi connectivity index (χ0n) is 4.29. The molecule has 0 radical (unpaired) electrons. The maximum Gasteiger partial charge on any atom is 0.148 e. The van der Waals surface area contributed by atoms with Crippen molar-refractivity contribution in [2.45, 2.75) is 18.9 Å². The van der Waals surface area contributed by atoms with Crippen LogP contribution in [-0.4, -0.2) is 15.5 Å². The Bertz CT molecular complexity index is 40.5. The molecule has 0 N–H and O–H groups in total. The Kier molecular flexibility index (Phi) is 2.11. The van der Waals surface area contributed by atoms with Gasteiger partial charge in [0.1, 0.15) is 15.5 Å². The first-order chi connectivity index (χ1) is 2.56. The fraction of sp³-hybridized carbons (Fsp3) is 1.00. The normalized spacial score (nSPS) is 12.5. The zero-order valence-corrected chi connectivity index (χ0v) is 7.04. The topological polar surface area (TPSA) is 9.23 Å². The molecule has 0 aromatic rings. The average molecular weight is 125 g/mol. The number of hydrogen-bond donors (Lipinski definition) is 0. The molecule has 0 aliphatic rings. The van der Waals surface area contributed by atoms with Gasteiger partial charge in [0.15, 0.2) is 0 Å². The van der Waals surface area contributed by atoms with E-state index in [1.165, 1.54) is 0 Å². The first kappa shape index (κ1) is 6.47. The molecule has 38 valence electrons. The number of hydrogen-bond acceptors (Lipinski definition) is 1. The third kappa shape index (κ3) is 4.47. The Morgan fingerprint density at radius 2 is 1.83 bits per heavy atom. The molecular weight excluding hydrogens is 116 g/mol. The Morgan fingerprint density at radius 1 is 1.67 bits per heavy atom. The summed E-state index contributed by atoms with van der Waals surface area (Å²) in [6.45, 7) is 3.64. The smallest absolute Gasteiger partial charge is 0.148 e. The van der Waals surface area contributed by atoms with Crippen LogP contribution in [0.4, 0.5) is 0 Å². The molecule has 0 aliphatic heterocycles. The molecule has 6 heavy (non-hydrogen) atoms. The van der Waals surface area contributed by atoms with Crippen molar-refractivity contribution in [3.63, 3.8) is 0 Å². The summed E-state index contributed by atoms with van der Waals surface area (Å²) in [5.41, 5.74) is 0. The highest BCUT2D eigenvalue weighted by Gasteiger charge is 2.06. The van der Waals surface area contributed by atoms with Crippen molar-refractivity contribution < 1.29 is 4.43 Å². The minimum atomic E-state index is -0.424. The molecule has 0 rings (SSSR count). The van der Waals surface area contributed by atoms with E-state index in [9.17, 15) is 0 Å². The summed E-state index contributed by atoms with van der Waals surface area (Å²) in [6, 6.07) is 0. The minimum absolute atomic E-state index is 0.424. The third-order valence-corrected chi connectivity index (χ3v) is 1.92.